The number of rotatable bonds is 5. The minimum atomic E-state index is -0.0126. The fourth-order valence-corrected chi connectivity index (χ4v) is 2.73. The molecule has 1 aromatic heterocycles. The van der Waals surface area contributed by atoms with Crippen molar-refractivity contribution in [2.24, 2.45) is 0 Å². The number of likely N-dealkylation sites (tertiary alicyclic amines) is 1. The van der Waals surface area contributed by atoms with Crippen molar-refractivity contribution >= 4 is 6.03 Å². The molecule has 2 amide bonds. The summed E-state index contributed by atoms with van der Waals surface area (Å²) >= 11 is 0. The van der Waals surface area contributed by atoms with Crippen molar-refractivity contribution in [3.05, 3.63) is 18.0 Å². The molecule has 0 spiro atoms. The van der Waals surface area contributed by atoms with Gasteiger partial charge in [-0.05, 0) is 39.0 Å². The molecular weight excluding hydrogens is 256 g/mol. The van der Waals surface area contributed by atoms with E-state index < -0.39 is 0 Å². The van der Waals surface area contributed by atoms with Crippen LogP contribution in [0.5, 0.6) is 0 Å². The fourth-order valence-electron chi connectivity index (χ4n) is 2.73. The van der Waals surface area contributed by atoms with Crippen LogP contribution in [0.15, 0.2) is 12.4 Å². The summed E-state index contributed by atoms with van der Waals surface area (Å²) in [6, 6.07) is 0.190. The number of aromatic nitrogens is 2. The van der Waals surface area contributed by atoms with Gasteiger partial charge < -0.3 is 15.3 Å². The second kappa shape index (κ2) is 7.28. The number of H-pyrrole nitrogens is 1. The van der Waals surface area contributed by atoms with Gasteiger partial charge in [-0.3, -0.25) is 5.10 Å². The zero-order valence-electron chi connectivity index (χ0n) is 12.0. The van der Waals surface area contributed by atoms with Crippen LogP contribution in [0.2, 0.25) is 0 Å². The van der Waals surface area contributed by atoms with Gasteiger partial charge >= 0.3 is 6.03 Å². The maximum absolute atomic E-state index is 12.4. The predicted molar refractivity (Wildman–Crippen MR) is 76.2 cm³/mol. The first-order valence-electron chi connectivity index (χ1n) is 7.39. The average molecular weight is 280 g/mol. The third-order valence-electron chi connectivity index (χ3n) is 3.83. The van der Waals surface area contributed by atoms with Crippen LogP contribution in [0.3, 0.4) is 0 Å². The topological polar surface area (TPSA) is 81.2 Å². The standard InChI is InChI=1S/C14H24N4O2/c1-11(5-4-8-19)17-14(20)18-7-3-2-6-13(18)12-9-15-16-10-12/h9-11,13,19H,2-8H2,1H3,(H,15,16)(H,17,20). The van der Waals surface area contributed by atoms with Gasteiger partial charge in [-0.1, -0.05) is 0 Å². The molecule has 3 N–H and O–H groups in total. The Kier molecular flexibility index (Phi) is 5.40. The lowest BCUT2D eigenvalue weighted by molar-refractivity contribution is 0.148. The normalized spacial score (nSPS) is 20.7. The van der Waals surface area contributed by atoms with Gasteiger partial charge in [0, 0.05) is 31.0 Å². The lowest BCUT2D eigenvalue weighted by Crippen LogP contribution is -2.47. The lowest BCUT2D eigenvalue weighted by Gasteiger charge is -2.36. The van der Waals surface area contributed by atoms with Gasteiger partial charge in [0.2, 0.25) is 0 Å². The highest BCUT2D eigenvalue weighted by molar-refractivity contribution is 5.75. The van der Waals surface area contributed by atoms with E-state index in [-0.39, 0.29) is 24.7 Å². The van der Waals surface area contributed by atoms with Gasteiger partial charge in [-0.2, -0.15) is 5.10 Å². The number of aromatic amines is 1. The molecule has 1 fully saturated rings. The van der Waals surface area contributed by atoms with Crippen LogP contribution in [-0.4, -0.2) is 45.4 Å². The van der Waals surface area contributed by atoms with Gasteiger partial charge in [0.25, 0.3) is 0 Å². The van der Waals surface area contributed by atoms with Gasteiger partial charge in [0.15, 0.2) is 0 Å². The molecule has 2 heterocycles. The Hall–Kier alpha value is -1.56. The number of carbonyl (C=O) groups excluding carboxylic acids is 1. The Morgan fingerprint density at radius 2 is 2.50 bits per heavy atom. The second-order valence-corrected chi connectivity index (χ2v) is 5.45. The third kappa shape index (κ3) is 3.72. The quantitative estimate of drug-likeness (QED) is 0.769. The van der Waals surface area contributed by atoms with E-state index in [1.807, 2.05) is 18.0 Å². The zero-order chi connectivity index (χ0) is 14.4. The van der Waals surface area contributed by atoms with Crippen molar-refractivity contribution in [3.8, 4) is 0 Å². The van der Waals surface area contributed by atoms with Crippen LogP contribution < -0.4 is 5.32 Å². The summed E-state index contributed by atoms with van der Waals surface area (Å²) in [5, 5.41) is 18.7. The van der Waals surface area contributed by atoms with Crippen molar-refractivity contribution in [1.29, 1.82) is 0 Å². The van der Waals surface area contributed by atoms with Crippen LogP contribution >= 0.6 is 0 Å². The molecule has 0 saturated carbocycles. The number of amides is 2. The first-order chi connectivity index (χ1) is 9.72. The first-order valence-corrected chi connectivity index (χ1v) is 7.39. The van der Waals surface area contributed by atoms with Crippen molar-refractivity contribution in [3.63, 3.8) is 0 Å². The van der Waals surface area contributed by atoms with Crippen LogP contribution in [0.25, 0.3) is 0 Å². The molecule has 1 aliphatic rings. The summed E-state index contributed by atoms with van der Waals surface area (Å²) in [4.78, 5) is 14.3. The fraction of sp³-hybridized carbons (Fsp3) is 0.714. The highest BCUT2D eigenvalue weighted by Crippen LogP contribution is 2.30. The van der Waals surface area contributed by atoms with E-state index in [9.17, 15) is 4.79 Å². The second-order valence-electron chi connectivity index (χ2n) is 5.45. The highest BCUT2D eigenvalue weighted by atomic mass is 16.3. The van der Waals surface area contributed by atoms with Gasteiger partial charge in [0.05, 0.1) is 12.2 Å². The Morgan fingerprint density at radius 3 is 3.20 bits per heavy atom. The maximum Gasteiger partial charge on any atom is 0.318 e. The van der Waals surface area contributed by atoms with Gasteiger partial charge in [-0.15, -0.1) is 0 Å². The first kappa shape index (κ1) is 14.8. The Labute approximate surface area is 119 Å². The number of hydrogen-bond donors (Lipinski definition) is 3. The summed E-state index contributed by atoms with van der Waals surface area (Å²) < 4.78 is 0. The molecule has 0 radical (unpaired) electrons. The Morgan fingerprint density at radius 1 is 1.65 bits per heavy atom. The molecule has 112 valence electrons. The van der Waals surface area contributed by atoms with Crippen LogP contribution in [-0.2, 0) is 0 Å². The monoisotopic (exact) mass is 280 g/mol. The maximum atomic E-state index is 12.4. The van der Waals surface area contributed by atoms with Crippen LogP contribution in [0.1, 0.15) is 50.6 Å². The molecule has 1 saturated heterocycles. The van der Waals surface area contributed by atoms with E-state index in [4.69, 9.17) is 5.11 Å². The molecule has 1 aromatic rings. The molecule has 1 aliphatic heterocycles. The smallest absolute Gasteiger partial charge is 0.318 e. The van der Waals surface area contributed by atoms with E-state index in [0.717, 1.165) is 37.8 Å². The molecule has 0 aromatic carbocycles. The van der Waals surface area contributed by atoms with Crippen molar-refractivity contribution in [2.75, 3.05) is 13.2 Å². The number of nitrogens with one attached hydrogen (secondary N) is 2. The van der Waals surface area contributed by atoms with E-state index in [0.29, 0.717) is 6.42 Å². The van der Waals surface area contributed by atoms with Crippen molar-refractivity contribution in [2.45, 2.75) is 51.1 Å². The minimum Gasteiger partial charge on any atom is -0.396 e. The molecule has 20 heavy (non-hydrogen) atoms. The minimum absolute atomic E-state index is 0.0126. The Balaban J connectivity index is 1.95. The van der Waals surface area contributed by atoms with E-state index in [1.165, 1.54) is 0 Å². The van der Waals surface area contributed by atoms with Crippen LogP contribution in [0, 0.1) is 0 Å². The van der Waals surface area contributed by atoms with Gasteiger partial charge in [0.1, 0.15) is 0 Å². The molecular formula is C14H24N4O2. The molecule has 0 aliphatic carbocycles. The van der Waals surface area contributed by atoms with E-state index in [1.54, 1.807) is 6.20 Å². The highest BCUT2D eigenvalue weighted by Gasteiger charge is 2.28. The lowest BCUT2D eigenvalue weighted by atomic mass is 9.98. The summed E-state index contributed by atoms with van der Waals surface area (Å²) in [7, 11) is 0. The summed E-state index contributed by atoms with van der Waals surface area (Å²) in [5.41, 5.74) is 1.07. The van der Waals surface area contributed by atoms with Crippen molar-refractivity contribution < 1.29 is 9.90 Å². The molecule has 6 heteroatoms. The van der Waals surface area contributed by atoms with Crippen molar-refractivity contribution in [1.82, 2.24) is 20.4 Å². The molecule has 2 rings (SSSR count). The number of piperidine rings is 1. The zero-order valence-corrected chi connectivity index (χ0v) is 12.0. The summed E-state index contributed by atoms with van der Waals surface area (Å²) in [6.45, 7) is 2.93. The largest absolute Gasteiger partial charge is 0.396 e. The number of urea groups is 1. The molecule has 2 unspecified atom stereocenters. The van der Waals surface area contributed by atoms with Gasteiger partial charge in [-0.25, -0.2) is 4.79 Å². The summed E-state index contributed by atoms with van der Waals surface area (Å²) in [5.74, 6) is 0. The number of aliphatic hydroxyl groups excluding tert-OH is 1. The van der Waals surface area contributed by atoms with E-state index >= 15 is 0 Å². The molecule has 0 bridgehead atoms. The summed E-state index contributed by atoms with van der Waals surface area (Å²) in [6.07, 6.45) is 8.35. The predicted octanol–water partition coefficient (Wildman–Crippen LogP) is 1.81. The number of nitrogens with zero attached hydrogens (tertiary/aromatic N) is 2. The number of carbonyl (C=O) groups is 1. The van der Waals surface area contributed by atoms with Crippen LogP contribution in [0.4, 0.5) is 4.79 Å². The number of aliphatic hydroxyl groups is 1. The molecule has 6 nitrogen and oxygen atoms in total. The van der Waals surface area contributed by atoms with E-state index in [2.05, 4.69) is 15.5 Å². The third-order valence-corrected chi connectivity index (χ3v) is 3.83. The number of hydrogen-bond acceptors (Lipinski definition) is 3. The molecule has 2 atom stereocenters. The Bertz CT molecular complexity index is 407. The average Bonchev–Trinajstić information content (AvgIpc) is 2.99. The SMILES string of the molecule is CC(CCCO)NC(=O)N1CCCCC1c1cn[nH]c1.